The lowest BCUT2D eigenvalue weighted by Gasteiger charge is -2.12. The second kappa shape index (κ2) is 6.79. The van der Waals surface area contributed by atoms with E-state index in [2.05, 4.69) is 10.6 Å². The summed E-state index contributed by atoms with van der Waals surface area (Å²) in [6, 6.07) is 2.82. The average Bonchev–Trinajstić information content (AvgIpc) is 2.35. The van der Waals surface area contributed by atoms with Gasteiger partial charge in [-0.05, 0) is 31.6 Å². The number of hydrogen-bond donors (Lipinski definition) is 2. The minimum atomic E-state index is -0.703. The van der Waals surface area contributed by atoms with E-state index in [9.17, 15) is 19.3 Å². The highest BCUT2D eigenvalue weighted by Crippen LogP contribution is 2.19. The minimum Gasteiger partial charge on any atom is -0.351 e. The van der Waals surface area contributed by atoms with Crippen LogP contribution in [0.1, 0.15) is 17.3 Å². The Labute approximate surface area is 110 Å². The van der Waals surface area contributed by atoms with E-state index in [1.807, 2.05) is 6.92 Å². The van der Waals surface area contributed by atoms with Crippen molar-refractivity contribution in [2.24, 2.45) is 5.92 Å². The quantitative estimate of drug-likeness (QED) is 0.602. The molecule has 1 aromatic carbocycles. The van der Waals surface area contributed by atoms with Gasteiger partial charge in [0.2, 0.25) is 0 Å². The van der Waals surface area contributed by atoms with Crippen molar-refractivity contribution >= 4 is 11.6 Å². The second-order valence-corrected chi connectivity index (χ2v) is 4.29. The molecule has 1 unspecified atom stereocenters. The molecule has 7 heteroatoms. The molecule has 0 radical (unpaired) electrons. The van der Waals surface area contributed by atoms with Gasteiger partial charge in [0.1, 0.15) is 11.4 Å². The first-order valence-electron chi connectivity index (χ1n) is 5.82. The first-order valence-corrected chi connectivity index (χ1v) is 5.82. The Balaban J connectivity index is 2.81. The number of amides is 1. The Kier molecular flexibility index (Phi) is 5.37. The number of rotatable bonds is 6. The molecule has 0 fully saturated rings. The number of nitro groups is 1. The molecule has 1 atom stereocenters. The predicted octanol–water partition coefficient (Wildman–Crippen LogP) is 1.32. The fraction of sp³-hybridized carbons (Fsp3) is 0.417. The van der Waals surface area contributed by atoms with Crippen LogP contribution in [0.3, 0.4) is 0 Å². The molecule has 0 aromatic heterocycles. The second-order valence-electron chi connectivity index (χ2n) is 4.29. The van der Waals surface area contributed by atoms with Crippen molar-refractivity contribution in [1.82, 2.24) is 10.6 Å². The molecule has 0 heterocycles. The van der Waals surface area contributed by atoms with Crippen LogP contribution in [0, 0.1) is 21.8 Å². The first kappa shape index (κ1) is 15.0. The van der Waals surface area contributed by atoms with Crippen molar-refractivity contribution in [1.29, 1.82) is 0 Å². The number of hydrogen-bond acceptors (Lipinski definition) is 4. The zero-order valence-electron chi connectivity index (χ0n) is 10.8. The normalized spacial score (nSPS) is 11.9. The third kappa shape index (κ3) is 4.29. The summed E-state index contributed by atoms with van der Waals surface area (Å²) in [5, 5.41) is 16.3. The summed E-state index contributed by atoms with van der Waals surface area (Å²) < 4.78 is 13.1. The summed E-state index contributed by atoms with van der Waals surface area (Å²) in [6.07, 6.45) is 0. The van der Waals surface area contributed by atoms with Crippen LogP contribution < -0.4 is 10.6 Å². The van der Waals surface area contributed by atoms with Gasteiger partial charge in [0.25, 0.3) is 11.6 Å². The molecular formula is C12H16FN3O3. The van der Waals surface area contributed by atoms with E-state index in [4.69, 9.17) is 0 Å². The van der Waals surface area contributed by atoms with Gasteiger partial charge < -0.3 is 10.6 Å². The number of nitro benzene ring substituents is 1. The monoisotopic (exact) mass is 269 g/mol. The van der Waals surface area contributed by atoms with Gasteiger partial charge in [0.15, 0.2) is 0 Å². The summed E-state index contributed by atoms with van der Waals surface area (Å²) in [4.78, 5) is 21.9. The summed E-state index contributed by atoms with van der Waals surface area (Å²) in [5.41, 5.74) is -0.665. The van der Waals surface area contributed by atoms with Crippen LogP contribution >= 0.6 is 0 Å². The summed E-state index contributed by atoms with van der Waals surface area (Å²) in [6.45, 7) is 2.97. The molecule has 1 aromatic rings. The van der Waals surface area contributed by atoms with Crippen LogP contribution in [-0.2, 0) is 0 Å². The molecule has 0 aliphatic heterocycles. The van der Waals surface area contributed by atoms with Crippen molar-refractivity contribution in [3.05, 3.63) is 39.7 Å². The van der Waals surface area contributed by atoms with Gasteiger partial charge in [0, 0.05) is 12.6 Å². The van der Waals surface area contributed by atoms with E-state index >= 15 is 0 Å². The molecule has 1 rings (SSSR count). The molecule has 0 aliphatic carbocycles. The molecule has 19 heavy (non-hydrogen) atoms. The third-order valence-electron chi connectivity index (χ3n) is 2.56. The Morgan fingerprint density at radius 1 is 1.47 bits per heavy atom. The standard InChI is InChI=1S/C12H16FN3O3/c1-8(6-14-2)7-15-12(17)10-5-9(13)3-4-11(10)16(18)19/h3-5,8,14H,6-7H2,1-2H3,(H,15,17). The summed E-state index contributed by atoms with van der Waals surface area (Å²) in [7, 11) is 1.79. The molecular weight excluding hydrogens is 253 g/mol. The van der Waals surface area contributed by atoms with Gasteiger partial charge in [-0.25, -0.2) is 4.39 Å². The van der Waals surface area contributed by atoms with Gasteiger partial charge >= 0.3 is 0 Å². The number of benzene rings is 1. The average molecular weight is 269 g/mol. The Morgan fingerprint density at radius 2 is 2.16 bits per heavy atom. The van der Waals surface area contributed by atoms with E-state index < -0.39 is 22.3 Å². The maximum atomic E-state index is 13.1. The number of carbonyl (C=O) groups is 1. The maximum Gasteiger partial charge on any atom is 0.282 e. The zero-order chi connectivity index (χ0) is 14.4. The van der Waals surface area contributed by atoms with Crippen molar-refractivity contribution in [3.63, 3.8) is 0 Å². The number of nitrogens with one attached hydrogen (secondary N) is 2. The highest BCUT2D eigenvalue weighted by Gasteiger charge is 2.20. The van der Waals surface area contributed by atoms with E-state index in [1.165, 1.54) is 0 Å². The van der Waals surface area contributed by atoms with Crippen LogP contribution in [0.15, 0.2) is 18.2 Å². The van der Waals surface area contributed by atoms with Crippen LogP contribution in [0.4, 0.5) is 10.1 Å². The largest absolute Gasteiger partial charge is 0.351 e. The SMILES string of the molecule is CNCC(C)CNC(=O)c1cc(F)ccc1[N+](=O)[O-]. The Bertz CT molecular complexity index is 479. The molecule has 1 amide bonds. The predicted molar refractivity (Wildman–Crippen MR) is 68.5 cm³/mol. The first-order chi connectivity index (χ1) is 8.95. The van der Waals surface area contributed by atoms with Crippen molar-refractivity contribution in [2.45, 2.75) is 6.92 Å². The van der Waals surface area contributed by atoms with E-state index in [0.717, 1.165) is 18.2 Å². The van der Waals surface area contributed by atoms with E-state index in [0.29, 0.717) is 13.1 Å². The molecule has 104 valence electrons. The lowest BCUT2D eigenvalue weighted by atomic mass is 10.1. The van der Waals surface area contributed by atoms with Gasteiger partial charge in [-0.3, -0.25) is 14.9 Å². The van der Waals surface area contributed by atoms with Crippen molar-refractivity contribution in [2.75, 3.05) is 20.1 Å². The van der Waals surface area contributed by atoms with E-state index in [-0.39, 0.29) is 11.5 Å². The molecule has 0 saturated carbocycles. The molecule has 0 spiro atoms. The van der Waals surface area contributed by atoms with Crippen molar-refractivity contribution in [3.8, 4) is 0 Å². The van der Waals surface area contributed by atoms with Crippen LogP contribution in [0.2, 0.25) is 0 Å². The smallest absolute Gasteiger partial charge is 0.282 e. The van der Waals surface area contributed by atoms with Gasteiger partial charge in [-0.15, -0.1) is 0 Å². The molecule has 0 aliphatic rings. The highest BCUT2D eigenvalue weighted by molar-refractivity contribution is 5.98. The lowest BCUT2D eigenvalue weighted by molar-refractivity contribution is -0.385. The number of nitrogens with zero attached hydrogens (tertiary/aromatic N) is 1. The van der Waals surface area contributed by atoms with Gasteiger partial charge in [-0.2, -0.15) is 0 Å². The molecule has 0 bridgehead atoms. The van der Waals surface area contributed by atoms with Gasteiger partial charge in [0.05, 0.1) is 4.92 Å². The van der Waals surface area contributed by atoms with Crippen LogP contribution in [0.25, 0.3) is 0 Å². The summed E-state index contributed by atoms with van der Waals surface area (Å²) >= 11 is 0. The minimum absolute atomic E-state index is 0.168. The fourth-order valence-electron chi connectivity index (χ4n) is 1.63. The van der Waals surface area contributed by atoms with Crippen molar-refractivity contribution < 1.29 is 14.1 Å². The fourth-order valence-corrected chi connectivity index (χ4v) is 1.63. The highest BCUT2D eigenvalue weighted by atomic mass is 19.1. The van der Waals surface area contributed by atoms with Gasteiger partial charge in [-0.1, -0.05) is 6.92 Å². The lowest BCUT2D eigenvalue weighted by Crippen LogP contribution is -2.32. The maximum absolute atomic E-state index is 13.1. The number of carbonyl (C=O) groups excluding carboxylic acids is 1. The molecule has 2 N–H and O–H groups in total. The van der Waals surface area contributed by atoms with Crippen LogP contribution in [-0.4, -0.2) is 31.0 Å². The number of halogens is 1. The molecule has 6 nitrogen and oxygen atoms in total. The van der Waals surface area contributed by atoms with E-state index in [1.54, 1.807) is 7.05 Å². The zero-order valence-corrected chi connectivity index (χ0v) is 10.8. The Morgan fingerprint density at radius 3 is 2.74 bits per heavy atom. The third-order valence-corrected chi connectivity index (χ3v) is 2.56. The molecule has 0 saturated heterocycles. The topological polar surface area (TPSA) is 84.3 Å². The Hall–Kier alpha value is -2.02. The van der Waals surface area contributed by atoms with Crippen LogP contribution in [0.5, 0.6) is 0 Å². The summed E-state index contributed by atoms with van der Waals surface area (Å²) in [5.74, 6) is -1.16.